The van der Waals surface area contributed by atoms with Gasteiger partial charge >= 0.3 is 6.18 Å². The number of carbonyl (C=O) groups is 2. The van der Waals surface area contributed by atoms with Crippen molar-refractivity contribution < 1.29 is 22.8 Å². The number of hydrogen-bond acceptors (Lipinski definition) is 3. The summed E-state index contributed by atoms with van der Waals surface area (Å²) in [6.07, 6.45) is -4.10. The van der Waals surface area contributed by atoms with Crippen LogP contribution in [0.1, 0.15) is 38.7 Å². The van der Waals surface area contributed by atoms with Crippen LogP contribution >= 0.6 is 0 Å². The summed E-state index contributed by atoms with van der Waals surface area (Å²) in [5.74, 6) is -0.301. The highest BCUT2D eigenvalue weighted by molar-refractivity contribution is 6.08. The van der Waals surface area contributed by atoms with Gasteiger partial charge in [-0.05, 0) is 58.1 Å². The molecule has 7 heteroatoms. The lowest BCUT2D eigenvalue weighted by atomic mass is 9.96. The molecule has 0 saturated carbocycles. The van der Waals surface area contributed by atoms with Gasteiger partial charge < -0.3 is 5.32 Å². The number of amides is 1. The molecule has 0 bridgehead atoms. The van der Waals surface area contributed by atoms with Gasteiger partial charge in [-0.3, -0.25) is 14.9 Å². The van der Waals surface area contributed by atoms with E-state index in [1.165, 1.54) is 12.1 Å². The van der Waals surface area contributed by atoms with Crippen LogP contribution in [0.15, 0.2) is 97.1 Å². The van der Waals surface area contributed by atoms with Crippen LogP contribution in [-0.4, -0.2) is 11.7 Å². The highest BCUT2D eigenvalue weighted by atomic mass is 19.4. The molecular weight excluding hydrogens is 477 g/mol. The third-order valence-electron chi connectivity index (χ3n) is 6.45. The van der Waals surface area contributed by atoms with Gasteiger partial charge in [0.25, 0.3) is 5.91 Å². The van der Waals surface area contributed by atoms with Crippen LogP contribution in [0.4, 0.5) is 18.9 Å². The number of benzene rings is 4. The minimum atomic E-state index is -4.43. The summed E-state index contributed by atoms with van der Waals surface area (Å²) in [5, 5.41) is 6.14. The molecular formula is C30H23F3N2O2. The van der Waals surface area contributed by atoms with Crippen LogP contribution in [0.2, 0.25) is 0 Å². The summed E-state index contributed by atoms with van der Waals surface area (Å²) in [4.78, 5) is 26.0. The summed E-state index contributed by atoms with van der Waals surface area (Å²) >= 11 is 0. The zero-order chi connectivity index (χ0) is 26.0. The van der Waals surface area contributed by atoms with E-state index >= 15 is 0 Å². The Kier molecular flexibility index (Phi) is 6.63. The van der Waals surface area contributed by atoms with Gasteiger partial charge in [-0.25, -0.2) is 0 Å². The molecule has 2 N–H and O–H groups in total. The van der Waals surface area contributed by atoms with E-state index in [-0.39, 0.29) is 11.7 Å². The number of Topliss-reactive ketones (excluding diaryl/α,β-unsaturated/α-hetero) is 1. The van der Waals surface area contributed by atoms with E-state index in [4.69, 9.17) is 0 Å². The molecule has 0 fully saturated rings. The molecule has 0 spiro atoms. The topological polar surface area (TPSA) is 58.2 Å². The summed E-state index contributed by atoms with van der Waals surface area (Å²) in [7, 11) is 0. The van der Waals surface area contributed by atoms with Gasteiger partial charge in [0.2, 0.25) is 0 Å². The fourth-order valence-electron chi connectivity index (χ4n) is 4.60. The second-order valence-electron chi connectivity index (χ2n) is 8.93. The van der Waals surface area contributed by atoms with E-state index in [0.717, 1.165) is 28.8 Å². The average molecular weight is 501 g/mol. The molecule has 5 rings (SSSR count). The van der Waals surface area contributed by atoms with Crippen molar-refractivity contribution in [2.45, 2.75) is 25.2 Å². The van der Waals surface area contributed by atoms with Crippen LogP contribution in [0.25, 0.3) is 11.1 Å². The zero-order valence-electron chi connectivity index (χ0n) is 19.7. The van der Waals surface area contributed by atoms with Crippen molar-refractivity contribution in [1.82, 2.24) is 5.32 Å². The van der Waals surface area contributed by atoms with Crippen molar-refractivity contribution in [3.8, 4) is 11.1 Å². The van der Waals surface area contributed by atoms with Crippen molar-refractivity contribution in [2.24, 2.45) is 0 Å². The molecule has 1 unspecified atom stereocenters. The Balaban J connectivity index is 1.32. The van der Waals surface area contributed by atoms with E-state index in [2.05, 4.69) is 10.6 Å². The Bertz CT molecular complexity index is 1450. The summed E-state index contributed by atoms with van der Waals surface area (Å²) in [6.45, 7) is 0.506. The second kappa shape index (κ2) is 10.0. The van der Waals surface area contributed by atoms with Crippen molar-refractivity contribution in [2.75, 3.05) is 5.32 Å². The molecule has 4 aromatic rings. The van der Waals surface area contributed by atoms with Crippen LogP contribution in [0.5, 0.6) is 0 Å². The van der Waals surface area contributed by atoms with Crippen LogP contribution in [0, 0.1) is 0 Å². The Hall–Kier alpha value is -4.23. The number of halogens is 3. The maximum atomic E-state index is 13.1. The molecule has 1 heterocycles. The largest absolute Gasteiger partial charge is 0.416 e. The van der Waals surface area contributed by atoms with E-state index in [0.29, 0.717) is 35.3 Å². The van der Waals surface area contributed by atoms with Gasteiger partial charge in [0.15, 0.2) is 5.78 Å². The van der Waals surface area contributed by atoms with Crippen molar-refractivity contribution >= 4 is 17.4 Å². The first kappa shape index (κ1) is 24.5. The molecule has 0 aliphatic carbocycles. The van der Waals surface area contributed by atoms with Crippen LogP contribution in [-0.2, 0) is 23.9 Å². The quantitative estimate of drug-likeness (QED) is 0.314. The van der Waals surface area contributed by atoms with Crippen molar-refractivity contribution in [3.63, 3.8) is 0 Å². The Morgan fingerprint density at radius 1 is 0.865 bits per heavy atom. The van der Waals surface area contributed by atoms with Gasteiger partial charge in [-0.2, -0.15) is 13.2 Å². The number of alkyl halides is 3. The zero-order valence-corrected chi connectivity index (χ0v) is 19.7. The van der Waals surface area contributed by atoms with Crippen LogP contribution < -0.4 is 10.6 Å². The first-order valence-electron chi connectivity index (χ1n) is 11.8. The van der Waals surface area contributed by atoms with Gasteiger partial charge in [-0.1, -0.05) is 66.7 Å². The monoisotopic (exact) mass is 500 g/mol. The molecule has 1 aliphatic rings. The standard InChI is InChI=1S/C30H23F3N2O2/c31-30(32,33)22-12-10-20(11-13-22)24-8-4-5-9-26(24)29(37)35-23-14-15-25-21(17-23)18-34-28(25)27(36)16-19-6-2-1-3-7-19/h1-15,17,28,34H,16,18H2,(H,35,37). The Morgan fingerprint density at radius 3 is 2.30 bits per heavy atom. The summed E-state index contributed by atoms with van der Waals surface area (Å²) < 4.78 is 38.8. The number of carbonyl (C=O) groups excluding carboxylic acids is 2. The predicted octanol–water partition coefficient (Wildman–Crippen LogP) is 6.58. The highest BCUT2D eigenvalue weighted by Crippen LogP contribution is 2.33. The SMILES string of the molecule is O=C(Nc1ccc2c(c1)CNC2C(=O)Cc1ccccc1)c1ccccc1-c1ccc(C(F)(F)F)cc1. The third kappa shape index (κ3) is 5.32. The first-order chi connectivity index (χ1) is 17.8. The van der Waals surface area contributed by atoms with E-state index in [1.54, 1.807) is 30.3 Å². The molecule has 4 nitrogen and oxygen atoms in total. The maximum absolute atomic E-state index is 13.1. The third-order valence-corrected chi connectivity index (χ3v) is 6.45. The average Bonchev–Trinajstić information content (AvgIpc) is 3.32. The Labute approximate surface area is 212 Å². The molecule has 186 valence electrons. The van der Waals surface area contributed by atoms with Crippen molar-refractivity contribution in [3.05, 3.63) is 125 Å². The lowest BCUT2D eigenvalue weighted by Gasteiger charge is -2.13. The molecule has 1 aliphatic heterocycles. The minimum absolute atomic E-state index is 0.0761. The number of ketones is 1. The smallest absolute Gasteiger partial charge is 0.322 e. The lowest BCUT2D eigenvalue weighted by molar-refractivity contribution is -0.137. The summed E-state index contributed by atoms with van der Waals surface area (Å²) in [5.41, 5.74) is 3.99. The van der Waals surface area contributed by atoms with Gasteiger partial charge in [0, 0.05) is 24.2 Å². The normalized spacial score (nSPS) is 14.7. The minimum Gasteiger partial charge on any atom is -0.322 e. The molecule has 0 saturated heterocycles. The molecule has 37 heavy (non-hydrogen) atoms. The maximum Gasteiger partial charge on any atom is 0.416 e. The molecule has 1 amide bonds. The molecule has 4 aromatic carbocycles. The number of rotatable bonds is 6. The highest BCUT2D eigenvalue weighted by Gasteiger charge is 2.30. The van der Waals surface area contributed by atoms with Gasteiger partial charge in [0.1, 0.15) is 0 Å². The second-order valence-corrected chi connectivity index (χ2v) is 8.93. The lowest BCUT2D eigenvalue weighted by Crippen LogP contribution is -2.23. The predicted molar refractivity (Wildman–Crippen MR) is 136 cm³/mol. The number of anilines is 1. The van der Waals surface area contributed by atoms with Crippen molar-refractivity contribution in [1.29, 1.82) is 0 Å². The number of nitrogens with one attached hydrogen (secondary N) is 2. The van der Waals surface area contributed by atoms with Crippen LogP contribution in [0.3, 0.4) is 0 Å². The van der Waals surface area contributed by atoms with E-state index in [1.807, 2.05) is 42.5 Å². The molecule has 1 atom stereocenters. The Morgan fingerprint density at radius 2 is 1.57 bits per heavy atom. The van der Waals surface area contributed by atoms with E-state index in [9.17, 15) is 22.8 Å². The fourth-order valence-corrected chi connectivity index (χ4v) is 4.60. The molecule has 0 radical (unpaired) electrons. The van der Waals surface area contributed by atoms with E-state index < -0.39 is 17.8 Å². The van der Waals surface area contributed by atoms with Gasteiger partial charge in [0.05, 0.1) is 11.6 Å². The fraction of sp³-hybridized carbons (Fsp3) is 0.133. The number of fused-ring (bicyclic) bond motifs is 1. The first-order valence-corrected chi connectivity index (χ1v) is 11.8. The van der Waals surface area contributed by atoms with Gasteiger partial charge in [-0.15, -0.1) is 0 Å². The number of hydrogen-bond donors (Lipinski definition) is 2. The summed E-state index contributed by atoms with van der Waals surface area (Å²) in [6, 6.07) is 26.1. The molecule has 0 aromatic heterocycles.